The van der Waals surface area contributed by atoms with Gasteiger partial charge in [-0.25, -0.2) is 4.98 Å². The van der Waals surface area contributed by atoms with Crippen LogP contribution >= 0.6 is 0 Å². The van der Waals surface area contributed by atoms with Crippen molar-refractivity contribution in [3.63, 3.8) is 0 Å². The van der Waals surface area contributed by atoms with Crippen LogP contribution in [0, 0.1) is 6.92 Å². The number of rotatable bonds is 4. The van der Waals surface area contributed by atoms with Crippen molar-refractivity contribution in [3.8, 4) is 0 Å². The molecule has 2 saturated heterocycles. The summed E-state index contributed by atoms with van der Waals surface area (Å²) in [7, 11) is 0. The summed E-state index contributed by atoms with van der Waals surface area (Å²) in [5.74, 6) is 0.580. The molecule has 136 valence electrons. The molecule has 1 aromatic heterocycles. The maximum absolute atomic E-state index is 12.4. The second kappa shape index (κ2) is 7.77. The number of carbonyl (C=O) groups excluding carboxylic acids is 2. The number of likely N-dealkylation sites (tertiary alicyclic amines) is 1. The molecule has 1 N–H and O–H groups in total. The molecule has 3 heterocycles. The van der Waals surface area contributed by atoms with Crippen LogP contribution in [-0.4, -0.2) is 66.0 Å². The number of piperidine rings is 1. The number of aromatic amines is 1. The van der Waals surface area contributed by atoms with E-state index in [4.69, 9.17) is 4.74 Å². The molecule has 0 unspecified atom stereocenters. The van der Waals surface area contributed by atoms with Crippen LogP contribution in [0.25, 0.3) is 0 Å². The molecule has 0 aliphatic carbocycles. The zero-order chi connectivity index (χ0) is 17.8. The molecule has 1 amide bonds. The normalized spacial score (nSPS) is 18.5. The fourth-order valence-electron chi connectivity index (χ4n) is 3.26. The summed E-state index contributed by atoms with van der Waals surface area (Å²) in [5, 5.41) is 0. The Bertz CT molecular complexity index is 709. The molecule has 8 nitrogen and oxygen atoms in total. The van der Waals surface area contributed by atoms with Gasteiger partial charge in [0.05, 0.1) is 19.8 Å². The van der Waals surface area contributed by atoms with Gasteiger partial charge in [0.25, 0.3) is 5.56 Å². The van der Waals surface area contributed by atoms with Crippen molar-refractivity contribution in [2.45, 2.75) is 32.6 Å². The van der Waals surface area contributed by atoms with Gasteiger partial charge in [-0.05, 0) is 19.8 Å². The maximum atomic E-state index is 12.4. The van der Waals surface area contributed by atoms with Gasteiger partial charge in [-0.15, -0.1) is 0 Å². The molecule has 3 rings (SSSR count). The summed E-state index contributed by atoms with van der Waals surface area (Å²) in [5.41, 5.74) is 0.984. The molecule has 0 bridgehead atoms. The van der Waals surface area contributed by atoms with E-state index in [9.17, 15) is 14.4 Å². The number of anilines is 1. The van der Waals surface area contributed by atoms with Crippen LogP contribution in [0.4, 0.5) is 5.95 Å². The van der Waals surface area contributed by atoms with E-state index < -0.39 is 0 Å². The summed E-state index contributed by atoms with van der Waals surface area (Å²) >= 11 is 0. The number of ketones is 1. The topological polar surface area (TPSA) is 95.6 Å². The molecule has 1 aromatic rings. The first-order valence-electron chi connectivity index (χ1n) is 8.76. The molecule has 2 aliphatic rings. The van der Waals surface area contributed by atoms with Crippen molar-refractivity contribution < 1.29 is 14.3 Å². The Hall–Kier alpha value is -2.22. The van der Waals surface area contributed by atoms with Crippen LogP contribution in [0.2, 0.25) is 0 Å². The number of hydrogen-bond donors (Lipinski definition) is 1. The molecule has 25 heavy (non-hydrogen) atoms. The molecule has 2 aliphatic heterocycles. The summed E-state index contributed by atoms with van der Waals surface area (Å²) in [4.78, 5) is 47.1. The van der Waals surface area contributed by atoms with Crippen LogP contribution in [0.5, 0.6) is 0 Å². The highest BCUT2D eigenvalue weighted by Crippen LogP contribution is 2.13. The van der Waals surface area contributed by atoms with Crippen LogP contribution in [0.3, 0.4) is 0 Å². The average Bonchev–Trinajstić information content (AvgIpc) is 2.61. The third-order valence-corrected chi connectivity index (χ3v) is 4.71. The van der Waals surface area contributed by atoms with Gasteiger partial charge in [-0.2, -0.15) is 0 Å². The first-order valence-corrected chi connectivity index (χ1v) is 8.76. The van der Waals surface area contributed by atoms with Gasteiger partial charge < -0.3 is 14.5 Å². The molecular formula is C17H24N4O4. The standard InChI is InChI=1S/C17H24N4O4/c1-12-14(4-5-15(23)21-6-2-3-13(22)11-21)16(24)19-17(18-12)20-7-9-25-10-8-20/h2-11H2,1H3,(H,18,19,24). The summed E-state index contributed by atoms with van der Waals surface area (Å²) in [6.45, 7) is 5.24. The molecule has 8 heteroatoms. The van der Waals surface area contributed by atoms with Gasteiger partial charge in [0, 0.05) is 43.7 Å². The van der Waals surface area contributed by atoms with Gasteiger partial charge in [0.1, 0.15) is 0 Å². The Labute approximate surface area is 146 Å². The van der Waals surface area contributed by atoms with Crippen LogP contribution in [0.1, 0.15) is 30.5 Å². The summed E-state index contributed by atoms with van der Waals surface area (Å²) in [6.07, 6.45) is 1.83. The smallest absolute Gasteiger partial charge is 0.255 e. The first-order chi connectivity index (χ1) is 12.0. The number of amides is 1. The van der Waals surface area contributed by atoms with E-state index in [2.05, 4.69) is 9.97 Å². The molecule has 0 spiro atoms. The number of morpholine rings is 1. The first kappa shape index (κ1) is 17.6. The predicted octanol–water partition coefficient (Wildman–Crippen LogP) is 0.0390. The number of ether oxygens (including phenoxy) is 1. The van der Waals surface area contributed by atoms with Crippen molar-refractivity contribution in [2.24, 2.45) is 0 Å². The molecule has 0 atom stereocenters. The van der Waals surface area contributed by atoms with Gasteiger partial charge in [-0.3, -0.25) is 19.4 Å². The second-order valence-electron chi connectivity index (χ2n) is 6.51. The third kappa shape index (κ3) is 4.25. The number of Topliss-reactive ketones (excluding diaryl/α,β-unsaturated/α-hetero) is 1. The van der Waals surface area contributed by atoms with E-state index >= 15 is 0 Å². The minimum atomic E-state index is -0.198. The lowest BCUT2D eigenvalue weighted by molar-refractivity contribution is -0.137. The van der Waals surface area contributed by atoms with E-state index in [0.29, 0.717) is 62.9 Å². The predicted molar refractivity (Wildman–Crippen MR) is 91.8 cm³/mol. The molecular weight excluding hydrogens is 324 g/mol. The van der Waals surface area contributed by atoms with Crippen molar-refractivity contribution in [1.82, 2.24) is 14.9 Å². The zero-order valence-electron chi connectivity index (χ0n) is 14.5. The number of aromatic nitrogens is 2. The Balaban J connectivity index is 1.65. The second-order valence-corrected chi connectivity index (χ2v) is 6.51. The lowest BCUT2D eigenvalue weighted by atomic mass is 10.1. The Morgan fingerprint density at radius 3 is 2.68 bits per heavy atom. The number of carbonyl (C=O) groups is 2. The molecule has 2 fully saturated rings. The van der Waals surface area contributed by atoms with E-state index in [1.165, 1.54) is 0 Å². The highest BCUT2D eigenvalue weighted by Gasteiger charge is 2.22. The minimum Gasteiger partial charge on any atom is -0.378 e. The van der Waals surface area contributed by atoms with Crippen LogP contribution < -0.4 is 10.5 Å². The van der Waals surface area contributed by atoms with Crippen molar-refractivity contribution in [2.75, 3.05) is 44.3 Å². The fraction of sp³-hybridized carbons (Fsp3) is 0.647. The van der Waals surface area contributed by atoms with Gasteiger partial charge in [0.15, 0.2) is 5.78 Å². The molecule has 0 aromatic carbocycles. The quantitative estimate of drug-likeness (QED) is 0.825. The highest BCUT2D eigenvalue weighted by atomic mass is 16.5. The SMILES string of the molecule is Cc1nc(N2CCOCC2)[nH]c(=O)c1CCC(=O)N1CCCC(=O)C1. The Kier molecular flexibility index (Phi) is 5.47. The van der Waals surface area contributed by atoms with Gasteiger partial charge in [-0.1, -0.05) is 0 Å². The molecule has 0 radical (unpaired) electrons. The molecule has 0 saturated carbocycles. The highest BCUT2D eigenvalue weighted by molar-refractivity contribution is 5.87. The number of nitrogens with zero attached hydrogens (tertiary/aromatic N) is 3. The number of hydrogen-bond acceptors (Lipinski definition) is 6. The third-order valence-electron chi connectivity index (χ3n) is 4.71. The fourth-order valence-corrected chi connectivity index (χ4v) is 3.26. The van der Waals surface area contributed by atoms with Gasteiger partial charge in [0.2, 0.25) is 11.9 Å². The van der Waals surface area contributed by atoms with E-state index in [0.717, 1.165) is 6.42 Å². The van der Waals surface area contributed by atoms with E-state index in [1.54, 1.807) is 11.8 Å². The van der Waals surface area contributed by atoms with Crippen LogP contribution in [0.15, 0.2) is 4.79 Å². The van der Waals surface area contributed by atoms with Crippen molar-refractivity contribution in [3.05, 3.63) is 21.6 Å². The number of H-pyrrole nitrogens is 1. The Morgan fingerprint density at radius 1 is 1.24 bits per heavy atom. The largest absolute Gasteiger partial charge is 0.378 e. The summed E-state index contributed by atoms with van der Waals surface area (Å²) < 4.78 is 5.31. The Morgan fingerprint density at radius 2 is 2.00 bits per heavy atom. The number of nitrogens with one attached hydrogen (secondary N) is 1. The van der Waals surface area contributed by atoms with Crippen LogP contribution in [-0.2, 0) is 20.7 Å². The average molecular weight is 348 g/mol. The lowest BCUT2D eigenvalue weighted by Crippen LogP contribution is -2.40. The minimum absolute atomic E-state index is 0.0795. The van der Waals surface area contributed by atoms with E-state index in [1.807, 2.05) is 4.90 Å². The zero-order valence-corrected chi connectivity index (χ0v) is 14.5. The summed E-state index contributed by atoms with van der Waals surface area (Å²) in [6, 6.07) is 0. The van der Waals surface area contributed by atoms with Crippen molar-refractivity contribution >= 4 is 17.6 Å². The lowest BCUT2D eigenvalue weighted by Gasteiger charge is -2.27. The number of aryl methyl sites for hydroxylation is 1. The monoisotopic (exact) mass is 348 g/mol. The maximum Gasteiger partial charge on any atom is 0.255 e. The van der Waals surface area contributed by atoms with Crippen molar-refractivity contribution in [1.29, 1.82) is 0 Å². The van der Waals surface area contributed by atoms with Gasteiger partial charge >= 0.3 is 0 Å². The van der Waals surface area contributed by atoms with E-state index in [-0.39, 0.29) is 30.2 Å².